The third-order valence-corrected chi connectivity index (χ3v) is 2.58. The molecule has 6 heteroatoms. The summed E-state index contributed by atoms with van der Waals surface area (Å²) in [5.41, 5.74) is -0.467. The highest BCUT2D eigenvalue weighted by molar-refractivity contribution is 5.92. The van der Waals surface area contributed by atoms with E-state index in [1.165, 1.54) is 18.2 Å². The summed E-state index contributed by atoms with van der Waals surface area (Å²) in [6, 6.07) is 3.89. The van der Waals surface area contributed by atoms with Gasteiger partial charge in [0.2, 0.25) is 5.75 Å². The van der Waals surface area contributed by atoms with E-state index in [0.717, 1.165) is 12.8 Å². The fraction of sp³-hybridized carbons (Fsp3) is 0.364. The Hall–Kier alpha value is -2.11. The van der Waals surface area contributed by atoms with Crippen LogP contribution in [0.5, 0.6) is 5.75 Å². The van der Waals surface area contributed by atoms with E-state index in [1.807, 2.05) is 0 Å². The third-order valence-electron chi connectivity index (χ3n) is 2.58. The quantitative estimate of drug-likeness (QED) is 0.625. The van der Waals surface area contributed by atoms with Crippen molar-refractivity contribution in [2.24, 2.45) is 5.92 Å². The molecule has 2 rings (SSSR count). The summed E-state index contributed by atoms with van der Waals surface area (Å²) in [6.45, 7) is 0.338. The molecule has 0 amide bonds. The largest absolute Gasteiger partial charge is 0.486 e. The molecule has 0 aromatic heterocycles. The van der Waals surface area contributed by atoms with Crippen LogP contribution >= 0.6 is 0 Å². The minimum atomic E-state index is -1.22. The fourth-order valence-corrected chi connectivity index (χ4v) is 1.47. The predicted molar refractivity (Wildman–Crippen MR) is 58.3 cm³/mol. The van der Waals surface area contributed by atoms with Crippen molar-refractivity contribution in [2.45, 2.75) is 12.8 Å². The topological polar surface area (TPSA) is 89.7 Å². The molecule has 0 saturated heterocycles. The van der Waals surface area contributed by atoms with E-state index in [0.29, 0.717) is 12.5 Å². The van der Waals surface area contributed by atoms with Gasteiger partial charge in [-0.1, -0.05) is 6.07 Å². The van der Waals surface area contributed by atoms with Crippen molar-refractivity contribution in [3.63, 3.8) is 0 Å². The first-order valence-corrected chi connectivity index (χ1v) is 5.23. The van der Waals surface area contributed by atoms with Crippen molar-refractivity contribution in [2.75, 3.05) is 6.61 Å². The molecule has 0 bridgehead atoms. The molecule has 1 saturated carbocycles. The summed E-state index contributed by atoms with van der Waals surface area (Å²) in [4.78, 5) is 21.1. The van der Waals surface area contributed by atoms with Crippen LogP contribution in [0.15, 0.2) is 18.2 Å². The summed E-state index contributed by atoms with van der Waals surface area (Å²) in [7, 11) is 0. The Balaban J connectivity index is 2.33. The number of para-hydroxylation sites is 1. The van der Waals surface area contributed by atoms with E-state index in [2.05, 4.69) is 0 Å². The van der Waals surface area contributed by atoms with Gasteiger partial charge in [0.25, 0.3) is 0 Å². The number of hydrogen-bond donors (Lipinski definition) is 1. The van der Waals surface area contributed by atoms with Crippen LogP contribution in [0.4, 0.5) is 5.69 Å². The molecule has 0 heterocycles. The number of ether oxygens (including phenoxy) is 1. The molecule has 1 aliphatic rings. The Morgan fingerprint density at radius 3 is 2.76 bits per heavy atom. The molecule has 90 valence electrons. The number of nitro benzene ring substituents is 1. The minimum absolute atomic E-state index is 0.142. The predicted octanol–water partition coefficient (Wildman–Crippen LogP) is 2.08. The first kappa shape index (κ1) is 11.4. The summed E-state index contributed by atoms with van der Waals surface area (Å²) in [6.07, 6.45) is 2.06. The third kappa shape index (κ3) is 2.52. The number of aromatic carboxylic acids is 1. The van der Waals surface area contributed by atoms with Gasteiger partial charge >= 0.3 is 11.7 Å². The van der Waals surface area contributed by atoms with Crippen LogP contribution in [0.1, 0.15) is 23.2 Å². The molecule has 1 aromatic carbocycles. The fourth-order valence-electron chi connectivity index (χ4n) is 1.47. The van der Waals surface area contributed by atoms with E-state index < -0.39 is 10.9 Å². The molecule has 1 aliphatic carbocycles. The lowest BCUT2D eigenvalue weighted by atomic mass is 10.1. The molecule has 1 fully saturated rings. The van der Waals surface area contributed by atoms with Crippen LogP contribution in [0.2, 0.25) is 0 Å². The summed E-state index contributed by atoms with van der Waals surface area (Å²) >= 11 is 0. The van der Waals surface area contributed by atoms with Gasteiger partial charge in [-0.3, -0.25) is 10.1 Å². The standard InChI is InChI=1S/C11H11NO5/c13-11(14)8-2-1-3-9(12(15)16)10(8)17-6-7-4-5-7/h1-3,7H,4-6H2,(H,13,14). The zero-order valence-electron chi connectivity index (χ0n) is 8.96. The number of nitro groups is 1. The molecule has 0 unspecified atom stereocenters. The highest BCUT2D eigenvalue weighted by atomic mass is 16.6. The number of benzene rings is 1. The molecule has 0 atom stereocenters. The van der Waals surface area contributed by atoms with Crippen LogP contribution in [0, 0.1) is 16.0 Å². The molecule has 1 N–H and O–H groups in total. The van der Waals surface area contributed by atoms with Crippen LogP contribution in [0.25, 0.3) is 0 Å². The maximum absolute atomic E-state index is 11.0. The normalized spacial score (nSPS) is 14.4. The van der Waals surface area contributed by atoms with E-state index in [1.54, 1.807) is 0 Å². The van der Waals surface area contributed by atoms with E-state index in [4.69, 9.17) is 9.84 Å². The van der Waals surface area contributed by atoms with Crippen molar-refractivity contribution >= 4 is 11.7 Å². The van der Waals surface area contributed by atoms with Gasteiger partial charge in [0.1, 0.15) is 5.56 Å². The van der Waals surface area contributed by atoms with Gasteiger partial charge in [-0.2, -0.15) is 0 Å². The maximum atomic E-state index is 11.0. The monoisotopic (exact) mass is 237 g/mol. The molecule has 6 nitrogen and oxygen atoms in total. The average molecular weight is 237 g/mol. The van der Waals surface area contributed by atoms with Gasteiger partial charge in [-0.05, 0) is 24.8 Å². The average Bonchev–Trinajstić information content (AvgIpc) is 3.09. The Bertz CT molecular complexity index is 435. The van der Waals surface area contributed by atoms with Gasteiger partial charge in [-0.25, -0.2) is 4.79 Å². The second-order valence-corrected chi connectivity index (χ2v) is 3.97. The van der Waals surface area contributed by atoms with Crippen LogP contribution < -0.4 is 4.74 Å². The van der Waals surface area contributed by atoms with Crippen molar-refractivity contribution in [1.82, 2.24) is 0 Å². The molecular formula is C11H11NO5. The highest BCUT2D eigenvalue weighted by Crippen LogP contribution is 2.34. The lowest BCUT2D eigenvalue weighted by Gasteiger charge is -2.08. The van der Waals surface area contributed by atoms with E-state index in [-0.39, 0.29) is 17.0 Å². The summed E-state index contributed by atoms with van der Waals surface area (Å²) < 4.78 is 5.29. The molecule has 17 heavy (non-hydrogen) atoms. The number of carboxylic acids is 1. The van der Waals surface area contributed by atoms with Crippen molar-refractivity contribution < 1.29 is 19.6 Å². The van der Waals surface area contributed by atoms with Crippen molar-refractivity contribution in [1.29, 1.82) is 0 Å². The van der Waals surface area contributed by atoms with E-state index >= 15 is 0 Å². The highest BCUT2D eigenvalue weighted by Gasteiger charge is 2.27. The Labute approximate surface area is 97.0 Å². The lowest BCUT2D eigenvalue weighted by Crippen LogP contribution is -2.08. The Morgan fingerprint density at radius 1 is 1.53 bits per heavy atom. The van der Waals surface area contributed by atoms with Crippen molar-refractivity contribution in [3.05, 3.63) is 33.9 Å². The van der Waals surface area contributed by atoms with Gasteiger partial charge in [0.15, 0.2) is 0 Å². The zero-order chi connectivity index (χ0) is 12.4. The Morgan fingerprint density at radius 2 is 2.24 bits per heavy atom. The molecular weight excluding hydrogens is 226 g/mol. The second-order valence-electron chi connectivity index (χ2n) is 3.97. The SMILES string of the molecule is O=C(O)c1cccc([N+](=O)[O-])c1OCC1CC1. The first-order valence-electron chi connectivity index (χ1n) is 5.23. The van der Waals surface area contributed by atoms with Gasteiger partial charge in [0.05, 0.1) is 11.5 Å². The second kappa shape index (κ2) is 4.40. The molecule has 0 spiro atoms. The minimum Gasteiger partial charge on any atom is -0.486 e. The molecule has 1 aromatic rings. The zero-order valence-corrected chi connectivity index (χ0v) is 8.96. The Kier molecular flexibility index (Phi) is 2.95. The number of hydrogen-bond acceptors (Lipinski definition) is 4. The number of nitrogens with zero attached hydrogens (tertiary/aromatic N) is 1. The summed E-state index contributed by atoms with van der Waals surface area (Å²) in [5.74, 6) is -0.965. The van der Waals surface area contributed by atoms with Gasteiger partial charge in [0, 0.05) is 6.07 Å². The number of rotatable bonds is 5. The summed E-state index contributed by atoms with van der Waals surface area (Å²) in [5, 5.41) is 19.7. The van der Waals surface area contributed by atoms with E-state index in [9.17, 15) is 14.9 Å². The van der Waals surface area contributed by atoms with Crippen molar-refractivity contribution in [3.8, 4) is 5.75 Å². The lowest BCUT2D eigenvalue weighted by molar-refractivity contribution is -0.385. The number of carboxylic acid groups (broad SMARTS) is 1. The molecule has 0 radical (unpaired) electrons. The van der Waals surface area contributed by atoms with Crippen LogP contribution in [0.3, 0.4) is 0 Å². The maximum Gasteiger partial charge on any atom is 0.339 e. The molecule has 0 aliphatic heterocycles. The smallest absolute Gasteiger partial charge is 0.339 e. The first-order chi connectivity index (χ1) is 8.09. The van der Waals surface area contributed by atoms with Gasteiger partial charge < -0.3 is 9.84 Å². The van der Waals surface area contributed by atoms with Crippen LogP contribution in [-0.2, 0) is 0 Å². The van der Waals surface area contributed by atoms with Gasteiger partial charge in [-0.15, -0.1) is 0 Å². The number of carbonyl (C=O) groups is 1. The van der Waals surface area contributed by atoms with Crippen LogP contribution in [-0.4, -0.2) is 22.6 Å².